The van der Waals surface area contributed by atoms with E-state index in [0.29, 0.717) is 48.3 Å². The van der Waals surface area contributed by atoms with E-state index in [9.17, 15) is 13.2 Å². The van der Waals surface area contributed by atoms with Crippen LogP contribution in [0.1, 0.15) is 26.3 Å². The van der Waals surface area contributed by atoms with Crippen molar-refractivity contribution in [2.45, 2.75) is 20.8 Å². The maximum absolute atomic E-state index is 12.3. The van der Waals surface area contributed by atoms with Crippen LogP contribution in [0.4, 0.5) is 5.69 Å². The molecule has 0 fully saturated rings. The molecule has 1 amide bonds. The maximum Gasteiger partial charge on any atom is 0.260 e. The number of nitrogens with one attached hydrogen (secondary N) is 1. The highest BCUT2D eigenvalue weighted by Gasteiger charge is 2.20. The van der Waals surface area contributed by atoms with Crippen LogP contribution in [0, 0.1) is 0 Å². The molecule has 0 aromatic heterocycles. The summed E-state index contributed by atoms with van der Waals surface area (Å²) in [7, 11) is -3.69. The second-order valence-corrected chi connectivity index (χ2v) is 8.47. The number of hydrogen-bond acceptors (Lipinski definition) is 7. The summed E-state index contributed by atoms with van der Waals surface area (Å²) in [6, 6.07) is 11.7. The molecular weight excluding hydrogens is 434 g/mol. The number of nitrogens with zero attached hydrogens (tertiary/aromatic N) is 2. The van der Waals surface area contributed by atoms with Gasteiger partial charge in [0.25, 0.3) is 5.91 Å². The van der Waals surface area contributed by atoms with Gasteiger partial charge in [0.1, 0.15) is 12.3 Å². The third-order valence-corrected chi connectivity index (χ3v) is 5.23. The van der Waals surface area contributed by atoms with Gasteiger partial charge >= 0.3 is 0 Å². The summed E-state index contributed by atoms with van der Waals surface area (Å²) in [4.78, 5) is 12.3. The van der Waals surface area contributed by atoms with Gasteiger partial charge in [-0.25, -0.2) is 13.8 Å². The Bertz CT molecular complexity index is 1020. The van der Waals surface area contributed by atoms with Crippen LogP contribution in [0.2, 0.25) is 0 Å². The molecule has 174 valence electrons. The van der Waals surface area contributed by atoms with Crippen molar-refractivity contribution in [2.75, 3.05) is 36.9 Å². The van der Waals surface area contributed by atoms with Crippen molar-refractivity contribution in [3.63, 3.8) is 0 Å². The Hall–Kier alpha value is -3.27. The van der Waals surface area contributed by atoms with Crippen LogP contribution in [0.3, 0.4) is 0 Å². The Morgan fingerprint density at radius 1 is 0.969 bits per heavy atom. The first-order chi connectivity index (χ1) is 15.3. The van der Waals surface area contributed by atoms with Gasteiger partial charge in [0, 0.05) is 0 Å². The number of carbonyl (C=O) groups is 1. The van der Waals surface area contributed by atoms with Crippen molar-refractivity contribution in [2.24, 2.45) is 5.10 Å². The van der Waals surface area contributed by atoms with E-state index in [1.807, 2.05) is 20.8 Å². The van der Waals surface area contributed by atoms with Gasteiger partial charge in [-0.2, -0.15) is 5.10 Å². The van der Waals surface area contributed by atoms with Gasteiger partial charge in [-0.15, -0.1) is 0 Å². The standard InChI is InChI=1S/C22H29N3O6S/c1-5-29-19-11-9-18(10-12-19)25(32(4,27)28)16-22(26)24-23-15-17-8-13-20(30-6-2)21(14-17)31-7-3/h8-15H,5-7,16H2,1-4H3,(H,24,26)/b23-15-. The molecule has 0 bridgehead atoms. The van der Waals surface area contributed by atoms with Crippen molar-refractivity contribution < 1.29 is 27.4 Å². The fourth-order valence-corrected chi connectivity index (χ4v) is 3.62. The largest absolute Gasteiger partial charge is 0.494 e. The van der Waals surface area contributed by atoms with Crippen LogP contribution >= 0.6 is 0 Å². The molecule has 0 heterocycles. The molecule has 2 aromatic carbocycles. The molecule has 0 aliphatic carbocycles. The lowest BCUT2D eigenvalue weighted by atomic mass is 10.2. The smallest absolute Gasteiger partial charge is 0.260 e. The molecule has 2 aromatic rings. The topological polar surface area (TPSA) is 107 Å². The van der Waals surface area contributed by atoms with Gasteiger partial charge in [-0.1, -0.05) is 0 Å². The van der Waals surface area contributed by atoms with E-state index in [0.717, 1.165) is 10.6 Å². The molecule has 32 heavy (non-hydrogen) atoms. The van der Waals surface area contributed by atoms with E-state index in [1.165, 1.54) is 6.21 Å². The number of rotatable bonds is 12. The van der Waals surface area contributed by atoms with Crippen LogP contribution in [0.25, 0.3) is 0 Å². The van der Waals surface area contributed by atoms with Crippen molar-refractivity contribution in [1.82, 2.24) is 5.43 Å². The number of hydrogen-bond donors (Lipinski definition) is 1. The van der Waals surface area contributed by atoms with Crippen molar-refractivity contribution in [3.05, 3.63) is 48.0 Å². The molecule has 9 nitrogen and oxygen atoms in total. The summed E-state index contributed by atoms with van der Waals surface area (Å²) in [5.41, 5.74) is 3.39. The van der Waals surface area contributed by atoms with E-state index >= 15 is 0 Å². The van der Waals surface area contributed by atoms with Gasteiger partial charge in [-0.05, 0) is 68.8 Å². The summed E-state index contributed by atoms with van der Waals surface area (Å²) in [6.07, 6.45) is 2.48. The molecule has 0 unspecified atom stereocenters. The highest BCUT2D eigenvalue weighted by atomic mass is 32.2. The lowest BCUT2D eigenvalue weighted by molar-refractivity contribution is -0.119. The highest BCUT2D eigenvalue weighted by molar-refractivity contribution is 7.92. The molecule has 1 N–H and O–H groups in total. The van der Waals surface area contributed by atoms with Crippen LogP contribution < -0.4 is 23.9 Å². The summed E-state index contributed by atoms with van der Waals surface area (Å²) < 4.78 is 41.9. The number of amides is 1. The van der Waals surface area contributed by atoms with Crippen LogP contribution in [-0.4, -0.2) is 53.2 Å². The van der Waals surface area contributed by atoms with Crippen molar-refractivity contribution in [1.29, 1.82) is 0 Å². The quantitative estimate of drug-likeness (QED) is 0.383. The number of benzene rings is 2. The average Bonchev–Trinajstić information content (AvgIpc) is 2.74. The SMILES string of the molecule is CCOc1ccc(N(CC(=O)N/N=C\c2ccc(OCC)c(OCC)c2)S(C)(=O)=O)cc1. The van der Waals surface area contributed by atoms with E-state index in [4.69, 9.17) is 14.2 Å². The summed E-state index contributed by atoms with van der Waals surface area (Å²) in [5.74, 6) is 1.22. The summed E-state index contributed by atoms with van der Waals surface area (Å²) in [6.45, 7) is 6.67. The zero-order valence-corrected chi connectivity index (χ0v) is 19.5. The van der Waals surface area contributed by atoms with Gasteiger partial charge in [-0.3, -0.25) is 9.10 Å². The minimum absolute atomic E-state index is 0.350. The molecule has 0 aliphatic heterocycles. The van der Waals surface area contributed by atoms with Gasteiger partial charge in [0.2, 0.25) is 10.0 Å². The molecule has 0 saturated carbocycles. The first-order valence-electron chi connectivity index (χ1n) is 10.2. The van der Waals surface area contributed by atoms with E-state index < -0.39 is 22.5 Å². The number of sulfonamides is 1. The third-order valence-electron chi connectivity index (χ3n) is 4.09. The average molecular weight is 464 g/mol. The maximum atomic E-state index is 12.3. The van der Waals surface area contributed by atoms with E-state index in [1.54, 1.807) is 42.5 Å². The zero-order chi connectivity index (χ0) is 23.6. The molecule has 0 aliphatic rings. The Labute approximate surface area is 189 Å². The lowest BCUT2D eigenvalue weighted by Crippen LogP contribution is -2.39. The fourth-order valence-electron chi connectivity index (χ4n) is 2.77. The monoisotopic (exact) mass is 463 g/mol. The predicted molar refractivity (Wildman–Crippen MR) is 124 cm³/mol. The number of ether oxygens (including phenoxy) is 3. The molecule has 0 radical (unpaired) electrons. The normalized spacial score (nSPS) is 11.2. The molecule has 0 atom stereocenters. The predicted octanol–water partition coefficient (Wildman–Crippen LogP) is 2.80. The van der Waals surface area contributed by atoms with Crippen LogP contribution in [-0.2, 0) is 14.8 Å². The van der Waals surface area contributed by atoms with E-state index in [2.05, 4.69) is 10.5 Å². The highest BCUT2D eigenvalue weighted by Crippen LogP contribution is 2.28. The number of anilines is 1. The van der Waals surface area contributed by atoms with Crippen LogP contribution in [0.5, 0.6) is 17.2 Å². The lowest BCUT2D eigenvalue weighted by Gasteiger charge is -2.21. The van der Waals surface area contributed by atoms with Gasteiger partial charge in [0.15, 0.2) is 11.5 Å². The van der Waals surface area contributed by atoms with Crippen LogP contribution in [0.15, 0.2) is 47.6 Å². The van der Waals surface area contributed by atoms with E-state index in [-0.39, 0.29) is 0 Å². The Kier molecular flexibility index (Phi) is 9.33. The number of carbonyl (C=O) groups excluding carboxylic acids is 1. The molecular formula is C22H29N3O6S. The second kappa shape index (κ2) is 11.9. The fraction of sp³-hybridized carbons (Fsp3) is 0.364. The first-order valence-corrected chi connectivity index (χ1v) is 12.0. The molecule has 0 spiro atoms. The molecule has 0 saturated heterocycles. The minimum atomic E-state index is -3.69. The Morgan fingerprint density at radius 2 is 1.59 bits per heavy atom. The Balaban J connectivity index is 2.07. The first kappa shape index (κ1) is 25.0. The summed E-state index contributed by atoms with van der Waals surface area (Å²) in [5, 5.41) is 3.92. The summed E-state index contributed by atoms with van der Waals surface area (Å²) >= 11 is 0. The second-order valence-electron chi connectivity index (χ2n) is 6.56. The minimum Gasteiger partial charge on any atom is -0.494 e. The number of hydrazone groups is 1. The Morgan fingerprint density at radius 3 is 2.19 bits per heavy atom. The molecule has 2 rings (SSSR count). The van der Waals surface area contributed by atoms with Crippen molar-refractivity contribution >= 4 is 27.8 Å². The zero-order valence-electron chi connectivity index (χ0n) is 18.7. The third kappa shape index (κ3) is 7.45. The molecule has 10 heteroatoms. The van der Waals surface area contributed by atoms with Gasteiger partial charge < -0.3 is 14.2 Å². The van der Waals surface area contributed by atoms with Gasteiger partial charge in [0.05, 0.1) is 38.0 Å². The van der Waals surface area contributed by atoms with Crippen molar-refractivity contribution in [3.8, 4) is 17.2 Å².